The van der Waals surface area contributed by atoms with E-state index in [1.807, 2.05) is 25.1 Å². The van der Waals surface area contributed by atoms with Crippen molar-refractivity contribution in [3.63, 3.8) is 0 Å². The van der Waals surface area contributed by atoms with Crippen LogP contribution in [0.3, 0.4) is 0 Å². The molecule has 120 valence electrons. The van der Waals surface area contributed by atoms with Gasteiger partial charge >= 0.3 is 12.0 Å². The molecule has 2 amide bonds. The lowest BCUT2D eigenvalue weighted by Gasteiger charge is -2.09. The monoisotopic (exact) mass is 312 g/mol. The smallest absolute Gasteiger partial charge is 0.319 e. The number of carbonyl (C=O) groups excluding carboxylic acids is 2. The van der Waals surface area contributed by atoms with E-state index in [0.29, 0.717) is 18.0 Å². The Hall–Kier alpha value is -2.82. The Morgan fingerprint density at radius 1 is 1.09 bits per heavy atom. The Morgan fingerprint density at radius 2 is 1.87 bits per heavy atom. The number of nitrogens with one attached hydrogen (secondary N) is 2. The van der Waals surface area contributed by atoms with Gasteiger partial charge in [-0.25, -0.2) is 4.79 Å². The second-order valence-electron chi connectivity index (χ2n) is 5.24. The van der Waals surface area contributed by atoms with Gasteiger partial charge in [0.15, 0.2) is 0 Å². The van der Waals surface area contributed by atoms with Crippen LogP contribution in [0.25, 0.3) is 0 Å². The van der Waals surface area contributed by atoms with Gasteiger partial charge in [0, 0.05) is 25.2 Å². The largest absolute Gasteiger partial charge is 0.427 e. The maximum absolute atomic E-state index is 11.9. The van der Waals surface area contributed by atoms with E-state index >= 15 is 0 Å². The molecule has 0 aromatic heterocycles. The normalized spacial score (nSPS) is 10.0. The summed E-state index contributed by atoms with van der Waals surface area (Å²) in [5, 5.41) is 5.51. The van der Waals surface area contributed by atoms with E-state index in [9.17, 15) is 9.59 Å². The lowest BCUT2D eigenvalue weighted by Crippen LogP contribution is -2.30. The van der Waals surface area contributed by atoms with Gasteiger partial charge < -0.3 is 15.4 Å². The first kappa shape index (κ1) is 16.5. The van der Waals surface area contributed by atoms with Crippen molar-refractivity contribution in [2.24, 2.45) is 0 Å². The molecule has 0 spiro atoms. The molecule has 2 N–H and O–H groups in total. The number of benzene rings is 2. The first-order valence-corrected chi connectivity index (χ1v) is 7.42. The number of anilines is 1. The van der Waals surface area contributed by atoms with Crippen molar-refractivity contribution in [2.45, 2.75) is 20.3 Å². The highest BCUT2D eigenvalue weighted by Crippen LogP contribution is 2.17. The van der Waals surface area contributed by atoms with Crippen LogP contribution in [-0.4, -0.2) is 18.5 Å². The molecule has 0 atom stereocenters. The van der Waals surface area contributed by atoms with Gasteiger partial charge in [-0.1, -0.05) is 35.9 Å². The highest BCUT2D eigenvalue weighted by Gasteiger charge is 2.04. The number of rotatable bonds is 5. The highest BCUT2D eigenvalue weighted by molar-refractivity contribution is 5.89. The fourth-order valence-electron chi connectivity index (χ4n) is 2.17. The summed E-state index contributed by atoms with van der Waals surface area (Å²) < 4.78 is 4.98. The summed E-state index contributed by atoms with van der Waals surface area (Å²) in [7, 11) is 0. The van der Waals surface area contributed by atoms with Crippen molar-refractivity contribution in [2.75, 3.05) is 11.9 Å². The van der Waals surface area contributed by atoms with E-state index < -0.39 is 5.97 Å². The van der Waals surface area contributed by atoms with Crippen molar-refractivity contribution in [1.82, 2.24) is 5.32 Å². The van der Waals surface area contributed by atoms with Gasteiger partial charge in [-0.15, -0.1) is 0 Å². The molecular formula is C18H20N2O3. The summed E-state index contributed by atoms with van der Waals surface area (Å²) in [4.78, 5) is 22.8. The zero-order valence-corrected chi connectivity index (χ0v) is 13.3. The Kier molecular flexibility index (Phi) is 5.74. The summed E-state index contributed by atoms with van der Waals surface area (Å²) in [5.74, 6) is -0.000170. The Labute approximate surface area is 135 Å². The topological polar surface area (TPSA) is 67.4 Å². The number of carbonyl (C=O) groups is 2. The van der Waals surface area contributed by atoms with Crippen LogP contribution in [0.1, 0.15) is 18.1 Å². The molecule has 0 radical (unpaired) electrons. The number of hydrogen-bond donors (Lipinski definition) is 2. The molecule has 23 heavy (non-hydrogen) atoms. The molecule has 2 rings (SSSR count). The molecule has 0 fully saturated rings. The molecule has 5 nitrogen and oxygen atoms in total. The Morgan fingerprint density at radius 3 is 2.61 bits per heavy atom. The van der Waals surface area contributed by atoms with Crippen molar-refractivity contribution in [3.8, 4) is 5.75 Å². The predicted octanol–water partition coefficient (Wildman–Crippen LogP) is 3.28. The molecule has 5 heteroatoms. The van der Waals surface area contributed by atoms with E-state index in [1.54, 1.807) is 24.3 Å². The molecule has 0 aliphatic heterocycles. The number of esters is 1. The van der Waals surface area contributed by atoms with Gasteiger partial charge in [0.05, 0.1) is 0 Å². The van der Waals surface area contributed by atoms with Crippen LogP contribution in [0.5, 0.6) is 5.75 Å². The van der Waals surface area contributed by atoms with E-state index in [-0.39, 0.29) is 6.03 Å². The average molecular weight is 312 g/mol. The third-order valence-electron chi connectivity index (χ3n) is 3.14. The maximum atomic E-state index is 11.9. The van der Waals surface area contributed by atoms with Gasteiger partial charge in [0.1, 0.15) is 5.75 Å². The minimum atomic E-state index is -0.398. The Balaban J connectivity index is 1.81. The number of hydrogen-bond acceptors (Lipinski definition) is 3. The molecule has 0 aliphatic carbocycles. The standard InChI is InChI=1S/C18H20N2O3/c1-13-5-3-6-15(11-13)9-10-19-18(22)20-16-7-4-8-17(12-16)23-14(2)21/h3-8,11-12H,9-10H2,1-2H3,(H2,19,20,22). The van der Waals surface area contributed by atoms with E-state index in [0.717, 1.165) is 6.42 Å². The fourth-order valence-corrected chi connectivity index (χ4v) is 2.17. The van der Waals surface area contributed by atoms with Crippen molar-refractivity contribution in [3.05, 3.63) is 59.7 Å². The van der Waals surface area contributed by atoms with Gasteiger partial charge in [-0.2, -0.15) is 0 Å². The zero-order chi connectivity index (χ0) is 16.7. The molecule has 0 bridgehead atoms. The van der Waals surface area contributed by atoms with Gasteiger partial charge in [-0.3, -0.25) is 4.79 Å². The van der Waals surface area contributed by atoms with Crippen LogP contribution in [0.2, 0.25) is 0 Å². The van der Waals surface area contributed by atoms with Crippen LogP contribution in [0, 0.1) is 6.92 Å². The fraction of sp³-hybridized carbons (Fsp3) is 0.222. The second-order valence-corrected chi connectivity index (χ2v) is 5.24. The minimum Gasteiger partial charge on any atom is -0.427 e. The number of aryl methyl sites for hydroxylation is 1. The number of ether oxygens (including phenoxy) is 1. The van der Waals surface area contributed by atoms with Crippen molar-refractivity contribution < 1.29 is 14.3 Å². The lowest BCUT2D eigenvalue weighted by atomic mass is 10.1. The van der Waals surface area contributed by atoms with Crippen molar-refractivity contribution >= 4 is 17.7 Å². The molecule has 0 aliphatic rings. The zero-order valence-electron chi connectivity index (χ0n) is 13.3. The summed E-state index contributed by atoms with van der Waals surface area (Å²) in [6.07, 6.45) is 0.766. The van der Waals surface area contributed by atoms with E-state index in [2.05, 4.69) is 16.7 Å². The summed E-state index contributed by atoms with van der Waals surface area (Å²) in [6, 6.07) is 14.6. The molecular weight excluding hydrogens is 292 g/mol. The van der Waals surface area contributed by atoms with Crippen LogP contribution < -0.4 is 15.4 Å². The van der Waals surface area contributed by atoms with E-state index in [1.165, 1.54) is 18.1 Å². The predicted molar refractivity (Wildman–Crippen MR) is 89.7 cm³/mol. The summed E-state index contributed by atoms with van der Waals surface area (Å²) >= 11 is 0. The van der Waals surface area contributed by atoms with E-state index in [4.69, 9.17) is 4.74 Å². The van der Waals surface area contributed by atoms with Gasteiger partial charge in [0.2, 0.25) is 0 Å². The minimum absolute atomic E-state index is 0.294. The number of urea groups is 1. The SMILES string of the molecule is CC(=O)Oc1cccc(NC(=O)NCCc2cccc(C)c2)c1. The third kappa shape index (κ3) is 5.82. The van der Waals surface area contributed by atoms with Gasteiger partial charge in [-0.05, 0) is 31.0 Å². The molecule has 2 aromatic carbocycles. The molecule has 2 aromatic rings. The first-order chi connectivity index (χ1) is 11.0. The molecule has 0 saturated heterocycles. The Bertz CT molecular complexity index is 698. The molecule has 0 saturated carbocycles. The summed E-state index contributed by atoms with van der Waals surface area (Å²) in [6.45, 7) is 3.91. The second kappa shape index (κ2) is 7.98. The van der Waals surface area contributed by atoms with Crippen LogP contribution in [0.15, 0.2) is 48.5 Å². The maximum Gasteiger partial charge on any atom is 0.319 e. The van der Waals surface area contributed by atoms with Gasteiger partial charge in [0.25, 0.3) is 0 Å². The molecule has 0 heterocycles. The molecule has 0 unspecified atom stereocenters. The number of amides is 2. The highest BCUT2D eigenvalue weighted by atomic mass is 16.5. The lowest BCUT2D eigenvalue weighted by molar-refractivity contribution is -0.131. The van der Waals surface area contributed by atoms with Crippen LogP contribution in [-0.2, 0) is 11.2 Å². The summed E-state index contributed by atoms with van der Waals surface area (Å²) in [5.41, 5.74) is 2.95. The first-order valence-electron chi connectivity index (χ1n) is 7.42. The van der Waals surface area contributed by atoms with Crippen LogP contribution in [0.4, 0.5) is 10.5 Å². The third-order valence-corrected chi connectivity index (χ3v) is 3.14. The van der Waals surface area contributed by atoms with Crippen molar-refractivity contribution in [1.29, 1.82) is 0 Å². The quantitative estimate of drug-likeness (QED) is 0.657. The average Bonchev–Trinajstić information content (AvgIpc) is 2.47. The van der Waals surface area contributed by atoms with Crippen LogP contribution >= 0.6 is 0 Å².